The van der Waals surface area contributed by atoms with E-state index in [0.29, 0.717) is 13.0 Å². The van der Waals surface area contributed by atoms with Gasteiger partial charge in [0.15, 0.2) is 0 Å². The van der Waals surface area contributed by atoms with Crippen LogP contribution in [0, 0.1) is 0 Å². The molecule has 22 heavy (non-hydrogen) atoms. The Morgan fingerprint density at radius 3 is 2.59 bits per heavy atom. The lowest BCUT2D eigenvalue weighted by atomic mass is 10.1. The number of aldehydes is 1. The SMILES string of the molecule is O=CCCc1ccc(OCc2ccc3ccccc3n2)cc1. The first kappa shape index (κ1) is 14.3. The van der Waals surface area contributed by atoms with Crippen LogP contribution < -0.4 is 4.74 Å². The van der Waals surface area contributed by atoms with Gasteiger partial charge in [0.05, 0.1) is 11.2 Å². The summed E-state index contributed by atoms with van der Waals surface area (Å²) < 4.78 is 5.77. The molecule has 0 amide bonds. The maximum absolute atomic E-state index is 10.4. The fraction of sp³-hybridized carbons (Fsp3) is 0.158. The van der Waals surface area contributed by atoms with E-state index >= 15 is 0 Å². The zero-order valence-corrected chi connectivity index (χ0v) is 12.2. The molecule has 0 unspecified atom stereocenters. The van der Waals surface area contributed by atoms with E-state index in [1.165, 1.54) is 0 Å². The summed E-state index contributed by atoms with van der Waals surface area (Å²) >= 11 is 0. The quantitative estimate of drug-likeness (QED) is 0.646. The van der Waals surface area contributed by atoms with Gasteiger partial charge in [-0.3, -0.25) is 0 Å². The number of aromatic nitrogens is 1. The zero-order chi connectivity index (χ0) is 15.2. The van der Waals surface area contributed by atoms with Gasteiger partial charge >= 0.3 is 0 Å². The molecule has 3 heteroatoms. The van der Waals surface area contributed by atoms with Crippen LogP contribution in [0.15, 0.2) is 60.7 Å². The number of fused-ring (bicyclic) bond motifs is 1. The molecule has 3 aromatic rings. The van der Waals surface area contributed by atoms with E-state index in [-0.39, 0.29) is 0 Å². The molecule has 0 radical (unpaired) electrons. The van der Waals surface area contributed by atoms with Crippen LogP contribution in [-0.4, -0.2) is 11.3 Å². The van der Waals surface area contributed by atoms with Crippen molar-refractivity contribution in [1.29, 1.82) is 0 Å². The predicted molar refractivity (Wildman–Crippen MR) is 86.9 cm³/mol. The maximum atomic E-state index is 10.4. The fourth-order valence-electron chi connectivity index (χ4n) is 2.32. The van der Waals surface area contributed by atoms with E-state index in [0.717, 1.165) is 40.6 Å². The third-order valence-electron chi connectivity index (χ3n) is 3.52. The van der Waals surface area contributed by atoms with Crippen LogP contribution in [0.2, 0.25) is 0 Å². The minimum atomic E-state index is 0.443. The summed E-state index contributed by atoms with van der Waals surface area (Å²) in [6, 6.07) is 19.9. The number of para-hydroxylation sites is 1. The van der Waals surface area contributed by atoms with Crippen molar-refractivity contribution in [2.45, 2.75) is 19.4 Å². The molecule has 110 valence electrons. The third-order valence-corrected chi connectivity index (χ3v) is 3.52. The van der Waals surface area contributed by atoms with Gasteiger partial charge in [-0.25, -0.2) is 4.98 Å². The molecule has 1 heterocycles. The monoisotopic (exact) mass is 291 g/mol. The highest BCUT2D eigenvalue weighted by Crippen LogP contribution is 2.16. The molecular formula is C19H17NO2. The average molecular weight is 291 g/mol. The Morgan fingerprint density at radius 1 is 0.955 bits per heavy atom. The van der Waals surface area contributed by atoms with E-state index in [9.17, 15) is 4.79 Å². The van der Waals surface area contributed by atoms with Crippen molar-refractivity contribution in [3.63, 3.8) is 0 Å². The first-order valence-electron chi connectivity index (χ1n) is 7.35. The molecule has 3 nitrogen and oxygen atoms in total. The number of ether oxygens (including phenoxy) is 1. The molecule has 0 aliphatic carbocycles. The highest BCUT2D eigenvalue weighted by Gasteiger charge is 2.00. The van der Waals surface area contributed by atoms with Gasteiger partial charge in [-0.05, 0) is 36.2 Å². The first-order valence-corrected chi connectivity index (χ1v) is 7.35. The Kier molecular flexibility index (Phi) is 4.44. The predicted octanol–water partition coefficient (Wildman–Crippen LogP) is 3.95. The molecule has 0 N–H and O–H groups in total. The van der Waals surface area contributed by atoms with Gasteiger partial charge in [-0.2, -0.15) is 0 Å². The lowest BCUT2D eigenvalue weighted by Gasteiger charge is -2.07. The molecule has 1 aromatic heterocycles. The smallest absolute Gasteiger partial charge is 0.130 e. The zero-order valence-electron chi connectivity index (χ0n) is 12.2. The highest BCUT2D eigenvalue weighted by molar-refractivity contribution is 5.78. The minimum absolute atomic E-state index is 0.443. The highest BCUT2D eigenvalue weighted by atomic mass is 16.5. The Balaban J connectivity index is 1.64. The second-order valence-electron chi connectivity index (χ2n) is 5.13. The van der Waals surface area contributed by atoms with E-state index < -0.39 is 0 Å². The number of rotatable bonds is 6. The Bertz CT molecular complexity index is 766. The summed E-state index contributed by atoms with van der Waals surface area (Å²) in [5.41, 5.74) is 3.03. The van der Waals surface area contributed by atoms with Crippen molar-refractivity contribution in [2.24, 2.45) is 0 Å². The fourth-order valence-corrected chi connectivity index (χ4v) is 2.32. The van der Waals surface area contributed by atoms with Gasteiger partial charge in [-0.15, -0.1) is 0 Å². The number of pyridine rings is 1. The standard InChI is InChI=1S/C19H17NO2/c21-13-3-4-15-7-11-18(12-8-15)22-14-17-10-9-16-5-1-2-6-19(16)20-17/h1-2,5-13H,3-4,14H2. The number of nitrogens with zero attached hydrogens (tertiary/aromatic N) is 1. The van der Waals surface area contributed by atoms with Crippen LogP contribution in [0.25, 0.3) is 10.9 Å². The molecule has 0 aliphatic heterocycles. The number of hydrogen-bond donors (Lipinski definition) is 0. The van der Waals surface area contributed by atoms with Crippen molar-refractivity contribution in [3.05, 3.63) is 71.9 Å². The van der Waals surface area contributed by atoms with Crippen LogP contribution in [0.5, 0.6) is 5.75 Å². The second kappa shape index (κ2) is 6.85. The van der Waals surface area contributed by atoms with E-state index in [1.807, 2.05) is 54.6 Å². The third kappa shape index (κ3) is 3.50. The summed E-state index contributed by atoms with van der Waals surface area (Å²) in [6.07, 6.45) is 2.27. The largest absolute Gasteiger partial charge is 0.487 e. The van der Waals surface area contributed by atoms with Crippen molar-refractivity contribution in [1.82, 2.24) is 4.98 Å². The van der Waals surface area contributed by atoms with Gasteiger partial charge in [0.2, 0.25) is 0 Å². The van der Waals surface area contributed by atoms with Gasteiger partial charge in [0.1, 0.15) is 18.6 Å². The van der Waals surface area contributed by atoms with Gasteiger partial charge in [0, 0.05) is 11.8 Å². The maximum Gasteiger partial charge on any atom is 0.130 e. The second-order valence-corrected chi connectivity index (χ2v) is 5.13. The summed E-state index contributed by atoms with van der Waals surface area (Å²) in [5.74, 6) is 0.810. The van der Waals surface area contributed by atoms with Crippen molar-refractivity contribution in [2.75, 3.05) is 0 Å². The van der Waals surface area contributed by atoms with Crippen molar-refractivity contribution < 1.29 is 9.53 Å². The van der Waals surface area contributed by atoms with Crippen LogP contribution in [0.3, 0.4) is 0 Å². The van der Waals surface area contributed by atoms with Crippen LogP contribution in [-0.2, 0) is 17.8 Å². The Labute approximate surface area is 129 Å². The molecule has 0 fully saturated rings. The number of carbonyl (C=O) groups is 1. The minimum Gasteiger partial charge on any atom is -0.487 e. The van der Waals surface area contributed by atoms with E-state index in [1.54, 1.807) is 0 Å². The summed E-state index contributed by atoms with van der Waals surface area (Å²) in [6.45, 7) is 0.443. The van der Waals surface area contributed by atoms with Crippen molar-refractivity contribution >= 4 is 17.2 Å². The molecule has 2 aromatic carbocycles. The lowest BCUT2D eigenvalue weighted by molar-refractivity contribution is -0.107. The van der Waals surface area contributed by atoms with Gasteiger partial charge < -0.3 is 9.53 Å². The molecule has 3 rings (SSSR count). The van der Waals surface area contributed by atoms with Crippen LogP contribution >= 0.6 is 0 Å². The molecule has 0 aliphatic rings. The van der Waals surface area contributed by atoms with Crippen molar-refractivity contribution in [3.8, 4) is 5.75 Å². The summed E-state index contributed by atoms with van der Waals surface area (Å²) in [7, 11) is 0. The molecule has 0 saturated heterocycles. The molecule has 0 spiro atoms. The molecule has 0 bridgehead atoms. The van der Waals surface area contributed by atoms with Crippen LogP contribution in [0.1, 0.15) is 17.7 Å². The summed E-state index contributed by atoms with van der Waals surface area (Å²) in [5, 5.41) is 1.13. The summed E-state index contributed by atoms with van der Waals surface area (Å²) in [4.78, 5) is 15.0. The Morgan fingerprint density at radius 2 is 1.77 bits per heavy atom. The number of carbonyl (C=O) groups excluding carboxylic acids is 1. The lowest BCUT2D eigenvalue weighted by Crippen LogP contribution is -1.98. The van der Waals surface area contributed by atoms with Gasteiger partial charge in [0.25, 0.3) is 0 Å². The average Bonchev–Trinajstić information content (AvgIpc) is 2.59. The normalized spacial score (nSPS) is 10.5. The molecule has 0 saturated carbocycles. The Hall–Kier alpha value is -2.68. The van der Waals surface area contributed by atoms with E-state index in [4.69, 9.17) is 4.74 Å². The molecular weight excluding hydrogens is 274 g/mol. The number of aryl methyl sites for hydroxylation is 1. The number of benzene rings is 2. The first-order chi connectivity index (χ1) is 10.8. The van der Waals surface area contributed by atoms with Gasteiger partial charge in [-0.1, -0.05) is 36.4 Å². The molecule has 0 atom stereocenters. The van der Waals surface area contributed by atoms with E-state index in [2.05, 4.69) is 11.1 Å². The topological polar surface area (TPSA) is 39.2 Å². The van der Waals surface area contributed by atoms with Crippen LogP contribution in [0.4, 0.5) is 0 Å². The number of hydrogen-bond acceptors (Lipinski definition) is 3.